The van der Waals surface area contributed by atoms with Crippen LogP contribution >= 0.6 is 15.9 Å². The maximum absolute atomic E-state index is 13.5. The second-order valence-electron chi connectivity index (χ2n) is 3.75. The minimum atomic E-state index is -0.670. The van der Waals surface area contributed by atoms with Crippen molar-refractivity contribution >= 4 is 15.9 Å². The molecule has 0 radical (unpaired) electrons. The van der Waals surface area contributed by atoms with Gasteiger partial charge >= 0.3 is 0 Å². The van der Waals surface area contributed by atoms with Gasteiger partial charge in [-0.25, -0.2) is 9.07 Å². The standard InChI is InChI=1S/C11H11BrFN3O/c1-7(17)11-6-16(15-14-11)5-8-4-9(12)2-3-10(8)13/h2-4,6-7,17H,5H2,1H3. The van der Waals surface area contributed by atoms with Gasteiger partial charge in [-0.1, -0.05) is 21.1 Å². The monoisotopic (exact) mass is 299 g/mol. The van der Waals surface area contributed by atoms with Crippen molar-refractivity contribution in [2.24, 2.45) is 0 Å². The van der Waals surface area contributed by atoms with Crippen molar-refractivity contribution in [3.63, 3.8) is 0 Å². The molecule has 0 aliphatic heterocycles. The zero-order valence-electron chi connectivity index (χ0n) is 9.14. The molecule has 2 aromatic rings. The highest BCUT2D eigenvalue weighted by atomic mass is 79.9. The first-order valence-electron chi connectivity index (χ1n) is 5.08. The average Bonchev–Trinajstić information content (AvgIpc) is 2.72. The van der Waals surface area contributed by atoms with Crippen LogP contribution < -0.4 is 0 Å². The predicted octanol–water partition coefficient (Wildman–Crippen LogP) is 2.28. The Morgan fingerprint density at radius 1 is 1.53 bits per heavy atom. The van der Waals surface area contributed by atoms with Crippen molar-refractivity contribution in [1.82, 2.24) is 15.0 Å². The lowest BCUT2D eigenvalue weighted by molar-refractivity contribution is 0.194. The Morgan fingerprint density at radius 3 is 2.94 bits per heavy atom. The van der Waals surface area contributed by atoms with Crippen molar-refractivity contribution < 1.29 is 9.50 Å². The van der Waals surface area contributed by atoms with Gasteiger partial charge in [0.15, 0.2) is 0 Å². The summed E-state index contributed by atoms with van der Waals surface area (Å²) >= 11 is 3.29. The second kappa shape index (κ2) is 4.93. The molecule has 1 aromatic heterocycles. The smallest absolute Gasteiger partial charge is 0.128 e. The first kappa shape index (κ1) is 12.2. The lowest BCUT2D eigenvalue weighted by Crippen LogP contribution is -2.02. The van der Waals surface area contributed by atoms with Crippen molar-refractivity contribution in [2.45, 2.75) is 19.6 Å². The summed E-state index contributed by atoms with van der Waals surface area (Å²) in [6.07, 6.45) is 0.932. The number of nitrogens with zero attached hydrogens (tertiary/aromatic N) is 3. The Kier molecular flexibility index (Phi) is 3.54. The Balaban J connectivity index is 2.22. The van der Waals surface area contributed by atoms with E-state index in [0.29, 0.717) is 11.3 Å². The molecule has 0 aliphatic carbocycles. The van der Waals surface area contributed by atoms with Gasteiger partial charge in [0.2, 0.25) is 0 Å². The van der Waals surface area contributed by atoms with Crippen LogP contribution in [0.4, 0.5) is 4.39 Å². The number of benzene rings is 1. The van der Waals surface area contributed by atoms with Gasteiger partial charge in [0.05, 0.1) is 18.8 Å². The van der Waals surface area contributed by atoms with Crippen LogP contribution in [0.1, 0.15) is 24.3 Å². The molecule has 90 valence electrons. The van der Waals surface area contributed by atoms with Crippen LogP contribution in [-0.4, -0.2) is 20.1 Å². The predicted molar refractivity (Wildman–Crippen MR) is 63.9 cm³/mol. The van der Waals surface area contributed by atoms with Gasteiger partial charge in [-0.2, -0.15) is 0 Å². The molecule has 0 amide bonds. The Bertz CT molecular complexity index is 527. The molecule has 1 N–H and O–H groups in total. The third-order valence-corrected chi connectivity index (χ3v) is 2.82. The highest BCUT2D eigenvalue weighted by molar-refractivity contribution is 9.10. The van der Waals surface area contributed by atoms with Crippen molar-refractivity contribution in [1.29, 1.82) is 0 Å². The van der Waals surface area contributed by atoms with E-state index in [1.807, 2.05) is 0 Å². The van der Waals surface area contributed by atoms with Gasteiger partial charge in [0, 0.05) is 10.0 Å². The summed E-state index contributed by atoms with van der Waals surface area (Å²) in [6.45, 7) is 1.89. The number of hydrogen-bond acceptors (Lipinski definition) is 3. The summed E-state index contributed by atoms with van der Waals surface area (Å²) in [5.74, 6) is -0.290. The topological polar surface area (TPSA) is 50.9 Å². The molecule has 0 bridgehead atoms. The van der Waals surface area contributed by atoms with E-state index in [0.717, 1.165) is 4.47 Å². The van der Waals surface area contributed by atoms with Crippen LogP contribution in [-0.2, 0) is 6.54 Å². The Morgan fingerprint density at radius 2 is 2.29 bits per heavy atom. The summed E-state index contributed by atoms with van der Waals surface area (Å²) < 4.78 is 15.8. The van der Waals surface area contributed by atoms with Gasteiger partial charge in [0.1, 0.15) is 11.5 Å². The molecule has 0 aliphatic rings. The normalized spacial score (nSPS) is 12.7. The van der Waals surface area contributed by atoms with Crippen LogP contribution in [0.15, 0.2) is 28.9 Å². The third-order valence-electron chi connectivity index (χ3n) is 2.32. The van der Waals surface area contributed by atoms with Gasteiger partial charge in [-0.05, 0) is 25.1 Å². The maximum Gasteiger partial charge on any atom is 0.128 e. The molecule has 4 nitrogen and oxygen atoms in total. The summed E-state index contributed by atoms with van der Waals surface area (Å²) in [5.41, 5.74) is 0.988. The molecule has 0 saturated heterocycles. The second-order valence-corrected chi connectivity index (χ2v) is 4.67. The fourth-order valence-corrected chi connectivity index (χ4v) is 1.83. The summed E-state index contributed by atoms with van der Waals surface area (Å²) in [6, 6.07) is 4.73. The number of aromatic nitrogens is 3. The Hall–Kier alpha value is -1.27. The summed E-state index contributed by atoms with van der Waals surface area (Å²) in [7, 11) is 0. The first-order valence-corrected chi connectivity index (χ1v) is 5.87. The molecule has 1 heterocycles. The zero-order valence-corrected chi connectivity index (χ0v) is 10.7. The molecule has 0 spiro atoms. The number of aliphatic hydroxyl groups excluding tert-OH is 1. The van der Waals surface area contributed by atoms with E-state index in [4.69, 9.17) is 0 Å². The molecule has 1 unspecified atom stereocenters. The van der Waals surface area contributed by atoms with Gasteiger partial charge in [-0.15, -0.1) is 5.10 Å². The van der Waals surface area contributed by atoms with Crippen LogP contribution in [0, 0.1) is 5.82 Å². The van der Waals surface area contributed by atoms with E-state index in [-0.39, 0.29) is 12.4 Å². The quantitative estimate of drug-likeness (QED) is 0.946. The van der Waals surface area contributed by atoms with E-state index in [9.17, 15) is 9.50 Å². The van der Waals surface area contributed by atoms with E-state index < -0.39 is 6.10 Å². The fraction of sp³-hybridized carbons (Fsp3) is 0.273. The lowest BCUT2D eigenvalue weighted by Gasteiger charge is -2.03. The van der Waals surface area contributed by atoms with Crippen LogP contribution in [0.25, 0.3) is 0 Å². The SMILES string of the molecule is CC(O)c1cn(Cc2cc(Br)ccc2F)nn1. The molecular weight excluding hydrogens is 289 g/mol. The minimum absolute atomic E-state index is 0.283. The number of rotatable bonds is 3. The van der Waals surface area contributed by atoms with Crippen LogP contribution in [0.3, 0.4) is 0 Å². The molecule has 0 fully saturated rings. The molecule has 0 saturated carbocycles. The molecular formula is C11H11BrFN3O. The number of hydrogen-bond donors (Lipinski definition) is 1. The minimum Gasteiger partial charge on any atom is -0.387 e. The largest absolute Gasteiger partial charge is 0.387 e. The van der Waals surface area contributed by atoms with Gasteiger partial charge in [0.25, 0.3) is 0 Å². The van der Waals surface area contributed by atoms with E-state index in [1.165, 1.54) is 10.7 Å². The fourth-order valence-electron chi connectivity index (χ4n) is 1.42. The first-order chi connectivity index (χ1) is 8.06. The number of halogens is 2. The number of aliphatic hydroxyl groups is 1. The molecule has 17 heavy (non-hydrogen) atoms. The maximum atomic E-state index is 13.5. The average molecular weight is 300 g/mol. The lowest BCUT2D eigenvalue weighted by atomic mass is 10.2. The van der Waals surface area contributed by atoms with E-state index in [1.54, 1.807) is 25.3 Å². The zero-order chi connectivity index (χ0) is 12.4. The summed E-state index contributed by atoms with van der Waals surface area (Å²) in [4.78, 5) is 0. The van der Waals surface area contributed by atoms with Crippen molar-refractivity contribution in [3.05, 3.63) is 45.9 Å². The van der Waals surface area contributed by atoms with E-state index in [2.05, 4.69) is 26.2 Å². The molecule has 6 heteroatoms. The molecule has 2 rings (SSSR count). The molecule has 1 aromatic carbocycles. The third kappa shape index (κ3) is 2.89. The highest BCUT2D eigenvalue weighted by Gasteiger charge is 2.08. The molecule has 1 atom stereocenters. The van der Waals surface area contributed by atoms with Crippen LogP contribution in [0.5, 0.6) is 0 Å². The van der Waals surface area contributed by atoms with Crippen LogP contribution in [0.2, 0.25) is 0 Å². The van der Waals surface area contributed by atoms with Crippen molar-refractivity contribution in [2.75, 3.05) is 0 Å². The van der Waals surface area contributed by atoms with Gasteiger partial charge < -0.3 is 5.11 Å². The van der Waals surface area contributed by atoms with Gasteiger partial charge in [-0.3, -0.25) is 0 Å². The highest BCUT2D eigenvalue weighted by Crippen LogP contribution is 2.16. The Labute approximate surface area is 106 Å². The van der Waals surface area contributed by atoms with E-state index >= 15 is 0 Å². The summed E-state index contributed by atoms with van der Waals surface area (Å²) in [5, 5.41) is 16.9. The van der Waals surface area contributed by atoms with Crippen molar-refractivity contribution in [3.8, 4) is 0 Å².